The van der Waals surface area contributed by atoms with Gasteiger partial charge >= 0.3 is 6.18 Å². The molecule has 2 heterocycles. The summed E-state index contributed by atoms with van der Waals surface area (Å²) in [5, 5.41) is 9.16. The number of rotatable bonds is 3. The van der Waals surface area contributed by atoms with Crippen molar-refractivity contribution in [2.24, 2.45) is 5.92 Å². The zero-order chi connectivity index (χ0) is 19.1. The van der Waals surface area contributed by atoms with Crippen molar-refractivity contribution in [3.05, 3.63) is 47.2 Å². The molecule has 0 aliphatic carbocycles. The number of amides is 2. The van der Waals surface area contributed by atoms with Gasteiger partial charge in [-0.15, -0.1) is 0 Å². The second-order valence-corrected chi connectivity index (χ2v) is 6.35. The first-order valence-electron chi connectivity index (χ1n) is 7.92. The molecule has 2 aromatic rings. The second kappa shape index (κ2) is 6.47. The molecule has 138 valence electrons. The van der Waals surface area contributed by atoms with Crippen LogP contribution >= 0.6 is 0 Å². The first-order valence-corrected chi connectivity index (χ1v) is 7.92. The van der Waals surface area contributed by atoms with Crippen LogP contribution in [0.1, 0.15) is 22.7 Å². The van der Waals surface area contributed by atoms with E-state index in [9.17, 15) is 22.8 Å². The number of likely N-dealkylation sites (tertiary alicyclic amines) is 1. The number of aromatic amines is 1. The normalized spacial score (nSPS) is 20.5. The predicted molar refractivity (Wildman–Crippen MR) is 87.3 cm³/mol. The molecule has 2 N–H and O–H groups in total. The van der Waals surface area contributed by atoms with Crippen molar-refractivity contribution in [3.63, 3.8) is 0 Å². The zero-order valence-corrected chi connectivity index (χ0v) is 14.1. The first-order chi connectivity index (χ1) is 12.2. The molecule has 3 rings (SSSR count). The Kier molecular flexibility index (Phi) is 4.47. The van der Waals surface area contributed by atoms with Gasteiger partial charge < -0.3 is 10.2 Å². The van der Waals surface area contributed by atoms with Crippen molar-refractivity contribution in [1.82, 2.24) is 15.1 Å². The predicted octanol–water partition coefficient (Wildman–Crippen LogP) is 2.55. The molecule has 9 heteroatoms. The molecule has 0 saturated carbocycles. The number of carbonyl (C=O) groups is 2. The standard InChI is InChI=1S/C17H17F3N4O2/c1-9-7-13(23-22-9)21-15(25)14-12(8-24(2)16(14)26)10-3-5-11(6-4-10)17(18,19)20/h3-7,12,14H,8H2,1-2H3,(H2,21,22,23,25)/t12-,14+/m0/s1. The maximum atomic E-state index is 12.7. The topological polar surface area (TPSA) is 78.1 Å². The van der Waals surface area contributed by atoms with Crippen molar-refractivity contribution >= 4 is 17.6 Å². The van der Waals surface area contributed by atoms with Crippen LogP contribution in [-0.4, -0.2) is 40.5 Å². The maximum absolute atomic E-state index is 12.7. The minimum atomic E-state index is -4.44. The van der Waals surface area contributed by atoms with Gasteiger partial charge in [0.05, 0.1) is 5.56 Å². The first kappa shape index (κ1) is 18.0. The van der Waals surface area contributed by atoms with E-state index in [1.807, 2.05) is 0 Å². The number of aryl methyl sites for hydroxylation is 1. The highest BCUT2D eigenvalue weighted by Gasteiger charge is 2.44. The third-order valence-electron chi connectivity index (χ3n) is 4.42. The molecule has 2 atom stereocenters. The molecule has 1 aliphatic rings. The van der Waals surface area contributed by atoms with Gasteiger partial charge in [0, 0.05) is 31.3 Å². The Labute approximate surface area is 147 Å². The van der Waals surface area contributed by atoms with Gasteiger partial charge in [-0.05, 0) is 24.6 Å². The lowest BCUT2D eigenvalue weighted by molar-refractivity contribution is -0.138. The van der Waals surface area contributed by atoms with Crippen LogP contribution in [0.15, 0.2) is 30.3 Å². The third kappa shape index (κ3) is 3.42. The van der Waals surface area contributed by atoms with E-state index in [0.29, 0.717) is 11.4 Å². The Hall–Kier alpha value is -2.84. The number of nitrogens with one attached hydrogen (secondary N) is 2. The number of hydrogen-bond acceptors (Lipinski definition) is 3. The Morgan fingerprint density at radius 3 is 2.50 bits per heavy atom. The largest absolute Gasteiger partial charge is 0.416 e. The Morgan fingerprint density at radius 2 is 1.96 bits per heavy atom. The van der Waals surface area contributed by atoms with Gasteiger partial charge in [-0.3, -0.25) is 14.7 Å². The number of H-pyrrole nitrogens is 1. The van der Waals surface area contributed by atoms with E-state index < -0.39 is 29.5 Å². The fourth-order valence-electron chi connectivity index (χ4n) is 3.10. The van der Waals surface area contributed by atoms with Crippen molar-refractivity contribution in [1.29, 1.82) is 0 Å². The number of likely N-dealkylation sites (N-methyl/N-ethyl adjacent to an activating group) is 1. The Bertz CT molecular complexity index is 829. The summed E-state index contributed by atoms with van der Waals surface area (Å²) in [4.78, 5) is 26.4. The van der Waals surface area contributed by atoms with E-state index in [-0.39, 0.29) is 12.5 Å². The van der Waals surface area contributed by atoms with E-state index in [1.165, 1.54) is 17.0 Å². The van der Waals surface area contributed by atoms with Crippen molar-refractivity contribution in [3.8, 4) is 0 Å². The summed E-state index contributed by atoms with van der Waals surface area (Å²) in [5.41, 5.74) is 0.482. The SMILES string of the molecule is Cc1cc(NC(=O)[C@@H]2C(=O)N(C)C[C@H]2c2ccc(C(F)(F)F)cc2)n[nH]1. The summed E-state index contributed by atoms with van der Waals surface area (Å²) in [5.74, 6) is -2.17. The summed E-state index contributed by atoms with van der Waals surface area (Å²) in [6.45, 7) is 2.02. The van der Waals surface area contributed by atoms with E-state index in [1.54, 1.807) is 20.0 Å². The molecule has 1 saturated heterocycles. The molecule has 1 fully saturated rings. The van der Waals surface area contributed by atoms with E-state index >= 15 is 0 Å². The molecule has 0 spiro atoms. The molecule has 1 aromatic heterocycles. The van der Waals surface area contributed by atoms with Crippen molar-refractivity contribution in [2.75, 3.05) is 18.9 Å². The lowest BCUT2D eigenvalue weighted by Gasteiger charge is -2.17. The molecule has 2 amide bonds. The number of anilines is 1. The summed E-state index contributed by atoms with van der Waals surface area (Å²) in [6, 6.07) is 6.18. The van der Waals surface area contributed by atoms with Crippen LogP contribution in [0.5, 0.6) is 0 Å². The number of nitrogens with zero attached hydrogens (tertiary/aromatic N) is 2. The zero-order valence-electron chi connectivity index (χ0n) is 14.1. The average molecular weight is 366 g/mol. The summed E-state index contributed by atoms with van der Waals surface area (Å²) < 4.78 is 38.2. The lowest BCUT2D eigenvalue weighted by atomic mass is 9.87. The van der Waals surface area contributed by atoms with E-state index in [0.717, 1.165) is 17.8 Å². The molecule has 26 heavy (non-hydrogen) atoms. The Balaban J connectivity index is 1.85. The molecule has 0 unspecified atom stereocenters. The van der Waals surface area contributed by atoms with Gasteiger partial charge in [0.15, 0.2) is 5.82 Å². The molecular weight excluding hydrogens is 349 g/mol. The van der Waals surface area contributed by atoms with Gasteiger partial charge in [-0.25, -0.2) is 0 Å². The van der Waals surface area contributed by atoms with Gasteiger partial charge in [0.25, 0.3) is 0 Å². The van der Waals surface area contributed by atoms with E-state index in [4.69, 9.17) is 0 Å². The molecular formula is C17H17F3N4O2. The number of aromatic nitrogens is 2. The lowest BCUT2D eigenvalue weighted by Crippen LogP contribution is -2.32. The van der Waals surface area contributed by atoms with Crippen LogP contribution < -0.4 is 5.32 Å². The van der Waals surface area contributed by atoms with E-state index in [2.05, 4.69) is 15.5 Å². The minimum absolute atomic E-state index is 0.252. The highest BCUT2D eigenvalue weighted by Crippen LogP contribution is 2.36. The fraction of sp³-hybridized carbons (Fsp3) is 0.353. The number of alkyl halides is 3. The molecule has 0 bridgehead atoms. The number of hydrogen-bond donors (Lipinski definition) is 2. The average Bonchev–Trinajstić information content (AvgIpc) is 3.10. The van der Waals surface area contributed by atoms with Crippen molar-refractivity contribution in [2.45, 2.75) is 19.0 Å². The van der Waals surface area contributed by atoms with Crippen LogP contribution in [0.4, 0.5) is 19.0 Å². The number of carbonyl (C=O) groups excluding carboxylic acids is 2. The van der Waals surface area contributed by atoms with Gasteiger partial charge in [0.2, 0.25) is 11.8 Å². The molecule has 1 aliphatic heterocycles. The second-order valence-electron chi connectivity index (χ2n) is 6.35. The third-order valence-corrected chi connectivity index (χ3v) is 4.42. The minimum Gasteiger partial charge on any atom is -0.344 e. The molecule has 6 nitrogen and oxygen atoms in total. The summed E-state index contributed by atoms with van der Waals surface area (Å²) in [6.07, 6.45) is -4.44. The monoisotopic (exact) mass is 366 g/mol. The van der Waals surface area contributed by atoms with Gasteiger partial charge in [0.1, 0.15) is 5.92 Å². The quantitative estimate of drug-likeness (QED) is 0.820. The van der Waals surface area contributed by atoms with Gasteiger partial charge in [-0.1, -0.05) is 12.1 Å². The highest BCUT2D eigenvalue weighted by molar-refractivity contribution is 6.08. The van der Waals surface area contributed by atoms with Gasteiger partial charge in [-0.2, -0.15) is 18.3 Å². The van der Waals surface area contributed by atoms with Crippen LogP contribution in [0.25, 0.3) is 0 Å². The number of benzene rings is 1. The summed E-state index contributed by atoms with van der Waals surface area (Å²) in [7, 11) is 1.56. The van der Waals surface area contributed by atoms with Crippen LogP contribution in [0.2, 0.25) is 0 Å². The molecule has 0 radical (unpaired) electrons. The number of halogens is 3. The molecule has 1 aromatic carbocycles. The Morgan fingerprint density at radius 1 is 1.31 bits per heavy atom. The highest BCUT2D eigenvalue weighted by atomic mass is 19.4. The van der Waals surface area contributed by atoms with Crippen LogP contribution in [-0.2, 0) is 15.8 Å². The van der Waals surface area contributed by atoms with Crippen LogP contribution in [0.3, 0.4) is 0 Å². The van der Waals surface area contributed by atoms with Crippen LogP contribution in [0, 0.1) is 12.8 Å². The maximum Gasteiger partial charge on any atom is 0.416 e. The summed E-state index contributed by atoms with van der Waals surface area (Å²) >= 11 is 0. The smallest absolute Gasteiger partial charge is 0.344 e. The fourth-order valence-corrected chi connectivity index (χ4v) is 3.10. The van der Waals surface area contributed by atoms with Crippen molar-refractivity contribution < 1.29 is 22.8 Å².